The van der Waals surface area contributed by atoms with Gasteiger partial charge in [0.25, 0.3) is 0 Å². The second kappa shape index (κ2) is 7.78. The summed E-state index contributed by atoms with van der Waals surface area (Å²) >= 11 is 0. The zero-order chi connectivity index (χ0) is 15.2. The Hall–Kier alpha value is -1.10. The van der Waals surface area contributed by atoms with Crippen molar-refractivity contribution >= 4 is 11.8 Å². The molecule has 1 saturated heterocycles. The lowest BCUT2D eigenvalue weighted by Gasteiger charge is -2.36. The van der Waals surface area contributed by atoms with E-state index in [0.29, 0.717) is 38.6 Å². The van der Waals surface area contributed by atoms with Crippen molar-refractivity contribution < 1.29 is 9.59 Å². The van der Waals surface area contributed by atoms with Gasteiger partial charge in [-0.15, -0.1) is 0 Å². The van der Waals surface area contributed by atoms with Crippen LogP contribution in [-0.4, -0.2) is 72.3 Å². The predicted octanol–water partition coefficient (Wildman–Crippen LogP) is 1.19. The van der Waals surface area contributed by atoms with Gasteiger partial charge in [-0.1, -0.05) is 20.3 Å². The standard InChI is InChI=1S/C16H29N3O2/c1-3-5-8-17(4-2)13-15(20)18-9-11-19(12-10-18)16(21)14-6-7-14/h14H,3-13H2,1-2H3. The van der Waals surface area contributed by atoms with E-state index in [4.69, 9.17) is 0 Å². The van der Waals surface area contributed by atoms with Gasteiger partial charge in [0, 0.05) is 32.1 Å². The van der Waals surface area contributed by atoms with E-state index in [2.05, 4.69) is 18.7 Å². The minimum absolute atomic E-state index is 0.214. The van der Waals surface area contributed by atoms with Gasteiger partial charge in [-0.3, -0.25) is 14.5 Å². The molecule has 1 heterocycles. The van der Waals surface area contributed by atoms with Crippen LogP contribution in [-0.2, 0) is 9.59 Å². The first-order valence-electron chi connectivity index (χ1n) is 8.44. The zero-order valence-electron chi connectivity index (χ0n) is 13.5. The second-order valence-corrected chi connectivity index (χ2v) is 6.20. The van der Waals surface area contributed by atoms with Crippen molar-refractivity contribution in [1.82, 2.24) is 14.7 Å². The van der Waals surface area contributed by atoms with E-state index in [1.165, 1.54) is 0 Å². The van der Waals surface area contributed by atoms with Gasteiger partial charge in [0.2, 0.25) is 11.8 Å². The first kappa shape index (κ1) is 16.3. The summed E-state index contributed by atoms with van der Waals surface area (Å²) in [5, 5.41) is 0. The smallest absolute Gasteiger partial charge is 0.236 e. The van der Waals surface area contributed by atoms with Crippen LogP contribution >= 0.6 is 0 Å². The lowest BCUT2D eigenvalue weighted by atomic mass is 10.2. The summed E-state index contributed by atoms with van der Waals surface area (Å²) in [6, 6.07) is 0. The third-order valence-corrected chi connectivity index (χ3v) is 4.50. The number of piperazine rings is 1. The summed E-state index contributed by atoms with van der Waals surface area (Å²) in [4.78, 5) is 30.4. The van der Waals surface area contributed by atoms with Crippen LogP contribution in [0.4, 0.5) is 0 Å². The summed E-state index contributed by atoms with van der Waals surface area (Å²) in [7, 11) is 0. The first-order chi connectivity index (χ1) is 10.2. The van der Waals surface area contributed by atoms with Crippen LogP contribution in [0, 0.1) is 5.92 Å². The lowest BCUT2D eigenvalue weighted by Crippen LogP contribution is -2.53. The van der Waals surface area contributed by atoms with Crippen molar-refractivity contribution in [3.63, 3.8) is 0 Å². The number of likely N-dealkylation sites (N-methyl/N-ethyl adjacent to an activating group) is 1. The molecule has 0 N–H and O–H groups in total. The third kappa shape index (κ3) is 4.70. The molecule has 2 aliphatic rings. The fourth-order valence-electron chi connectivity index (χ4n) is 2.79. The van der Waals surface area contributed by atoms with Crippen LogP contribution in [0.25, 0.3) is 0 Å². The molecular formula is C16H29N3O2. The molecule has 2 fully saturated rings. The van der Waals surface area contributed by atoms with E-state index in [0.717, 1.165) is 38.8 Å². The Bertz CT molecular complexity index is 361. The third-order valence-electron chi connectivity index (χ3n) is 4.50. The van der Waals surface area contributed by atoms with Crippen molar-refractivity contribution in [3.8, 4) is 0 Å². The van der Waals surface area contributed by atoms with Crippen molar-refractivity contribution in [2.75, 3.05) is 45.8 Å². The highest BCUT2D eigenvalue weighted by atomic mass is 16.2. The van der Waals surface area contributed by atoms with Crippen molar-refractivity contribution in [1.29, 1.82) is 0 Å². The van der Waals surface area contributed by atoms with Gasteiger partial charge in [0.05, 0.1) is 6.54 Å². The van der Waals surface area contributed by atoms with E-state index in [1.54, 1.807) is 0 Å². The molecule has 1 saturated carbocycles. The van der Waals surface area contributed by atoms with Gasteiger partial charge in [-0.2, -0.15) is 0 Å². The van der Waals surface area contributed by atoms with Gasteiger partial charge in [0.1, 0.15) is 0 Å². The Morgan fingerprint density at radius 3 is 2.19 bits per heavy atom. The lowest BCUT2D eigenvalue weighted by molar-refractivity contribution is -0.140. The number of carbonyl (C=O) groups excluding carboxylic acids is 2. The van der Waals surface area contributed by atoms with Gasteiger partial charge in [-0.25, -0.2) is 0 Å². The van der Waals surface area contributed by atoms with Crippen molar-refractivity contribution in [2.45, 2.75) is 39.5 Å². The molecule has 0 bridgehead atoms. The molecule has 0 aromatic rings. The summed E-state index contributed by atoms with van der Waals surface area (Å²) in [5.74, 6) is 0.809. The topological polar surface area (TPSA) is 43.9 Å². The van der Waals surface area contributed by atoms with E-state index < -0.39 is 0 Å². The molecule has 1 aliphatic carbocycles. The maximum Gasteiger partial charge on any atom is 0.236 e. The Balaban J connectivity index is 1.72. The highest BCUT2D eigenvalue weighted by molar-refractivity contribution is 5.82. The molecular weight excluding hydrogens is 266 g/mol. The zero-order valence-corrected chi connectivity index (χ0v) is 13.5. The number of hydrogen-bond acceptors (Lipinski definition) is 3. The van der Waals surface area contributed by atoms with Gasteiger partial charge < -0.3 is 9.80 Å². The number of unbranched alkanes of at least 4 members (excludes halogenated alkanes) is 1. The Morgan fingerprint density at radius 2 is 1.67 bits per heavy atom. The SMILES string of the molecule is CCCCN(CC)CC(=O)N1CCN(C(=O)C2CC2)CC1. The van der Waals surface area contributed by atoms with Crippen LogP contribution in [0.1, 0.15) is 39.5 Å². The normalized spacial score (nSPS) is 19.2. The Labute approximate surface area is 128 Å². The number of rotatable bonds is 7. The molecule has 120 valence electrons. The molecule has 21 heavy (non-hydrogen) atoms. The fourth-order valence-corrected chi connectivity index (χ4v) is 2.79. The maximum absolute atomic E-state index is 12.3. The number of hydrogen-bond donors (Lipinski definition) is 0. The van der Waals surface area contributed by atoms with Crippen LogP contribution in [0.5, 0.6) is 0 Å². The van der Waals surface area contributed by atoms with E-state index >= 15 is 0 Å². The van der Waals surface area contributed by atoms with Crippen LogP contribution in [0.15, 0.2) is 0 Å². The van der Waals surface area contributed by atoms with E-state index in [9.17, 15) is 9.59 Å². The van der Waals surface area contributed by atoms with E-state index in [1.807, 2.05) is 9.80 Å². The minimum atomic E-state index is 0.214. The molecule has 1 aliphatic heterocycles. The molecule has 5 nitrogen and oxygen atoms in total. The van der Waals surface area contributed by atoms with Crippen LogP contribution in [0.2, 0.25) is 0 Å². The highest BCUT2D eigenvalue weighted by Gasteiger charge is 2.35. The highest BCUT2D eigenvalue weighted by Crippen LogP contribution is 2.31. The maximum atomic E-state index is 12.3. The molecule has 0 unspecified atom stereocenters. The van der Waals surface area contributed by atoms with E-state index in [-0.39, 0.29) is 11.8 Å². The van der Waals surface area contributed by atoms with Crippen molar-refractivity contribution in [2.24, 2.45) is 5.92 Å². The molecule has 0 spiro atoms. The molecule has 0 atom stereocenters. The van der Waals surface area contributed by atoms with Crippen molar-refractivity contribution in [3.05, 3.63) is 0 Å². The molecule has 0 aromatic heterocycles. The molecule has 0 aromatic carbocycles. The monoisotopic (exact) mass is 295 g/mol. The summed E-state index contributed by atoms with van der Waals surface area (Å²) in [5.41, 5.74) is 0. The average molecular weight is 295 g/mol. The Morgan fingerprint density at radius 1 is 1.05 bits per heavy atom. The summed E-state index contributed by atoms with van der Waals surface area (Å²) in [6.45, 7) is 9.54. The number of amides is 2. The molecule has 0 radical (unpaired) electrons. The summed E-state index contributed by atoms with van der Waals surface area (Å²) < 4.78 is 0. The first-order valence-corrected chi connectivity index (χ1v) is 8.44. The number of nitrogens with zero attached hydrogens (tertiary/aromatic N) is 3. The fraction of sp³-hybridized carbons (Fsp3) is 0.875. The van der Waals surface area contributed by atoms with Gasteiger partial charge in [-0.05, 0) is 32.4 Å². The van der Waals surface area contributed by atoms with Crippen LogP contribution in [0.3, 0.4) is 0 Å². The summed E-state index contributed by atoms with van der Waals surface area (Å²) in [6.07, 6.45) is 4.42. The van der Waals surface area contributed by atoms with Crippen LogP contribution < -0.4 is 0 Å². The molecule has 5 heteroatoms. The number of carbonyl (C=O) groups is 2. The van der Waals surface area contributed by atoms with Gasteiger partial charge in [0.15, 0.2) is 0 Å². The quantitative estimate of drug-likeness (QED) is 0.708. The average Bonchev–Trinajstić information content (AvgIpc) is 3.35. The Kier molecular flexibility index (Phi) is 6.03. The minimum Gasteiger partial charge on any atom is -0.339 e. The largest absolute Gasteiger partial charge is 0.339 e. The van der Waals surface area contributed by atoms with Gasteiger partial charge >= 0.3 is 0 Å². The second-order valence-electron chi connectivity index (χ2n) is 6.20. The predicted molar refractivity (Wildman–Crippen MR) is 82.9 cm³/mol. The molecule has 2 rings (SSSR count). The molecule has 2 amide bonds.